The van der Waals surface area contributed by atoms with Crippen LogP contribution in [0.25, 0.3) is 5.70 Å². The number of ether oxygens (including phenoxy) is 2. The standard InChI is InChI=1S/C23H25BrN2O3S/c1-3-5-13-29-18-12-11-16(24)14-17(18)21-19(22(27)28-4-2)20(25-23(30)26-21)15-9-7-6-8-10-15/h6-12,14,21H,3-5,13H2,1-2H3,(H2,25,26,30)/t21-/m1/s1. The molecule has 0 unspecified atom stereocenters. The maximum Gasteiger partial charge on any atom is 0.338 e. The van der Waals surface area contributed by atoms with Gasteiger partial charge in [0, 0.05) is 10.0 Å². The van der Waals surface area contributed by atoms with E-state index >= 15 is 0 Å². The van der Waals surface area contributed by atoms with Gasteiger partial charge in [-0.15, -0.1) is 0 Å². The van der Waals surface area contributed by atoms with Crippen molar-refractivity contribution >= 4 is 44.9 Å². The number of carbonyl (C=O) groups excluding carboxylic acids is 1. The molecule has 0 amide bonds. The first kappa shape index (κ1) is 22.3. The van der Waals surface area contributed by atoms with Crippen LogP contribution < -0.4 is 15.4 Å². The van der Waals surface area contributed by atoms with Crippen molar-refractivity contribution in [2.24, 2.45) is 0 Å². The number of benzene rings is 2. The summed E-state index contributed by atoms with van der Waals surface area (Å²) in [6, 6.07) is 14.9. The lowest BCUT2D eigenvalue weighted by Crippen LogP contribution is -2.45. The Morgan fingerprint density at radius 3 is 2.63 bits per heavy atom. The molecule has 0 radical (unpaired) electrons. The quantitative estimate of drug-likeness (QED) is 0.305. The molecule has 1 atom stereocenters. The minimum Gasteiger partial charge on any atom is -0.493 e. The first-order valence-electron chi connectivity index (χ1n) is 10.0. The highest BCUT2D eigenvalue weighted by Gasteiger charge is 2.34. The van der Waals surface area contributed by atoms with Crippen LogP contribution in [0.15, 0.2) is 58.6 Å². The molecule has 1 aliphatic heterocycles. The highest BCUT2D eigenvalue weighted by molar-refractivity contribution is 9.10. The highest BCUT2D eigenvalue weighted by atomic mass is 79.9. The zero-order valence-electron chi connectivity index (χ0n) is 17.0. The second kappa shape index (κ2) is 10.6. The van der Waals surface area contributed by atoms with Crippen molar-refractivity contribution in [2.45, 2.75) is 32.7 Å². The molecule has 0 saturated heterocycles. The second-order valence-electron chi connectivity index (χ2n) is 6.79. The lowest BCUT2D eigenvalue weighted by Gasteiger charge is -2.32. The molecule has 0 spiro atoms. The Bertz CT molecular complexity index is 947. The van der Waals surface area contributed by atoms with Crippen molar-refractivity contribution in [3.8, 4) is 5.75 Å². The number of thiocarbonyl (C=S) groups is 1. The summed E-state index contributed by atoms with van der Waals surface area (Å²) in [6.45, 7) is 4.79. The summed E-state index contributed by atoms with van der Waals surface area (Å²) in [7, 11) is 0. The fourth-order valence-electron chi connectivity index (χ4n) is 3.26. The Labute approximate surface area is 191 Å². The van der Waals surface area contributed by atoms with E-state index < -0.39 is 12.0 Å². The second-order valence-corrected chi connectivity index (χ2v) is 8.11. The molecule has 1 aliphatic rings. The molecule has 2 N–H and O–H groups in total. The van der Waals surface area contributed by atoms with Crippen molar-refractivity contribution in [3.05, 3.63) is 69.7 Å². The first-order chi connectivity index (χ1) is 14.5. The summed E-state index contributed by atoms with van der Waals surface area (Å²) in [6.07, 6.45) is 1.98. The van der Waals surface area contributed by atoms with Gasteiger partial charge >= 0.3 is 5.97 Å². The molecule has 0 aromatic heterocycles. The van der Waals surface area contributed by atoms with Crippen LogP contribution >= 0.6 is 28.1 Å². The maximum atomic E-state index is 13.1. The van der Waals surface area contributed by atoms with E-state index in [1.54, 1.807) is 6.92 Å². The zero-order chi connectivity index (χ0) is 21.5. The van der Waals surface area contributed by atoms with E-state index in [9.17, 15) is 4.79 Å². The molecule has 3 rings (SSSR count). The van der Waals surface area contributed by atoms with Gasteiger partial charge in [0.2, 0.25) is 0 Å². The van der Waals surface area contributed by atoms with Gasteiger partial charge in [-0.2, -0.15) is 0 Å². The molecule has 0 saturated carbocycles. The molecule has 30 heavy (non-hydrogen) atoms. The van der Waals surface area contributed by atoms with E-state index in [1.807, 2.05) is 48.5 Å². The Hall–Kier alpha value is -2.38. The fourth-order valence-corrected chi connectivity index (χ4v) is 3.86. The summed E-state index contributed by atoms with van der Waals surface area (Å²) in [5.41, 5.74) is 2.79. The monoisotopic (exact) mass is 488 g/mol. The van der Waals surface area contributed by atoms with Crippen LogP contribution in [-0.2, 0) is 9.53 Å². The molecular formula is C23H25BrN2O3S. The van der Waals surface area contributed by atoms with Gasteiger partial charge in [-0.1, -0.05) is 59.6 Å². The van der Waals surface area contributed by atoms with Gasteiger partial charge in [0.15, 0.2) is 5.11 Å². The fraction of sp³-hybridized carbons (Fsp3) is 0.304. The predicted octanol–water partition coefficient (Wildman–Crippen LogP) is 5.12. The van der Waals surface area contributed by atoms with E-state index in [4.69, 9.17) is 21.7 Å². The van der Waals surface area contributed by atoms with E-state index in [-0.39, 0.29) is 6.61 Å². The highest BCUT2D eigenvalue weighted by Crippen LogP contribution is 2.37. The molecule has 0 bridgehead atoms. The molecule has 0 aliphatic carbocycles. The van der Waals surface area contributed by atoms with Gasteiger partial charge in [0.25, 0.3) is 0 Å². The molecular weight excluding hydrogens is 464 g/mol. The van der Waals surface area contributed by atoms with E-state index in [1.165, 1.54) is 0 Å². The Morgan fingerprint density at radius 2 is 1.93 bits per heavy atom. The summed E-state index contributed by atoms with van der Waals surface area (Å²) in [5, 5.41) is 6.83. The van der Waals surface area contributed by atoms with Gasteiger partial charge in [0.1, 0.15) is 5.75 Å². The van der Waals surface area contributed by atoms with E-state index in [2.05, 4.69) is 33.5 Å². The summed E-state index contributed by atoms with van der Waals surface area (Å²) in [4.78, 5) is 13.1. The molecule has 2 aromatic carbocycles. The third-order valence-electron chi connectivity index (χ3n) is 4.67. The first-order valence-corrected chi connectivity index (χ1v) is 11.2. The summed E-state index contributed by atoms with van der Waals surface area (Å²) < 4.78 is 12.4. The van der Waals surface area contributed by atoms with Crippen LogP contribution in [0.4, 0.5) is 0 Å². The van der Waals surface area contributed by atoms with Crippen molar-refractivity contribution in [1.82, 2.24) is 10.6 Å². The van der Waals surface area contributed by atoms with Crippen LogP contribution in [0.1, 0.15) is 43.9 Å². The van der Waals surface area contributed by atoms with Crippen LogP contribution in [0.2, 0.25) is 0 Å². The van der Waals surface area contributed by atoms with Gasteiger partial charge in [0.05, 0.1) is 30.5 Å². The van der Waals surface area contributed by atoms with E-state index in [0.717, 1.165) is 28.4 Å². The molecule has 5 nitrogen and oxygen atoms in total. The topological polar surface area (TPSA) is 59.6 Å². The largest absolute Gasteiger partial charge is 0.493 e. The van der Waals surface area contributed by atoms with Gasteiger partial charge < -0.3 is 20.1 Å². The Kier molecular flexibility index (Phi) is 7.87. The molecule has 158 valence electrons. The molecule has 1 heterocycles. The number of unbranched alkanes of at least 4 members (excludes halogenated alkanes) is 1. The van der Waals surface area contributed by atoms with Gasteiger partial charge in [-0.25, -0.2) is 4.79 Å². The lowest BCUT2D eigenvalue weighted by molar-refractivity contribution is -0.138. The Morgan fingerprint density at radius 1 is 1.17 bits per heavy atom. The predicted molar refractivity (Wildman–Crippen MR) is 126 cm³/mol. The molecule has 7 heteroatoms. The normalized spacial score (nSPS) is 16.0. The molecule has 0 fully saturated rings. The Balaban J connectivity index is 2.15. The number of hydrogen-bond acceptors (Lipinski definition) is 4. The van der Waals surface area contributed by atoms with Crippen LogP contribution in [0.5, 0.6) is 5.75 Å². The SMILES string of the molecule is CCCCOc1ccc(Br)cc1[C@H]1NC(=S)NC(c2ccccc2)=C1C(=O)OCC. The third kappa shape index (κ3) is 5.21. The van der Waals surface area contributed by atoms with Crippen LogP contribution in [-0.4, -0.2) is 24.3 Å². The van der Waals surface area contributed by atoms with E-state index in [0.29, 0.717) is 28.7 Å². The zero-order valence-corrected chi connectivity index (χ0v) is 19.4. The van der Waals surface area contributed by atoms with Crippen molar-refractivity contribution in [3.63, 3.8) is 0 Å². The number of nitrogens with one attached hydrogen (secondary N) is 2. The van der Waals surface area contributed by atoms with Gasteiger partial charge in [-0.05, 0) is 49.3 Å². The third-order valence-corrected chi connectivity index (χ3v) is 5.38. The number of esters is 1. The smallest absolute Gasteiger partial charge is 0.338 e. The average Bonchev–Trinajstić information content (AvgIpc) is 2.75. The summed E-state index contributed by atoms with van der Waals surface area (Å²) >= 11 is 9.03. The number of halogens is 1. The van der Waals surface area contributed by atoms with Gasteiger partial charge in [-0.3, -0.25) is 0 Å². The number of rotatable bonds is 8. The number of hydrogen-bond donors (Lipinski definition) is 2. The lowest BCUT2D eigenvalue weighted by atomic mass is 9.92. The summed E-state index contributed by atoms with van der Waals surface area (Å²) in [5.74, 6) is 0.311. The van der Waals surface area contributed by atoms with Crippen LogP contribution in [0.3, 0.4) is 0 Å². The maximum absolute atomic E-state index is 13.1. The number of carbonyl (C=O) groups is 1. The average molecular weight is 489 g/mol. The van der Waals surface area contributed by atoms with Crippen molar-refractivity contribution in [1.29, 1.82) is 0 Å². The molecule has 2 aromatic rings. The van der Waals surface area contributed by atoms with Crippen LogP contribution in [0, 0.1) is 0 Å². The minimum absolute atomic E-state index is 0.278. The van der Waals surface area contributed by atoms with Crippen molar-refractivity contribution < 1.29 is 14.3 Å². The minimum atomic E-state index is -0.512. The van der Waals surface area contributed by atoms with Crippen molar-refractivity contribution in [2.75, 3.05) is 13.2 Å².